The van der Waals surface area contributed by atoms with Crippen molar-refractivity contribution in [1.29, 1.82) is 0 Å². The predicted octanol–water partition coefficient (Wildman–Crippen LogP) is 2.72. The van der Waals surface area contributed by atoms with E-state index in [9.17, 15) is 17.6 Å². The topological polar surface area (TPSA) is 75.7 Å². The van der Waals surface area contributed by atoms with Crippen molar-refractivity contribution in [3.8, 4) is 0 Å². The van der Waals surface area contributed by atoms with Crippen LogP contribution >= 0.6 is 0 Å². The molecule has 0 aliphatic carbocycles. The van der Waals surface area contributed by atoms with E-state index in [4.69, 9.17) is 4.74 Å². The number of amides is 1. The zero-order valence-corrected chi connectivity index (χ0v) is 16.2. The lowest BCUT2D eigenvalue weighted by atomic mass is 10.2. The molecule has 0 bridgehead atoms. The van der Waals surface area contributed by atoms with Gasteiger partial charge in [-0.15, -0.1) is 0 Å². The third-order valence-corrected chi connectivity index (χ3v) is 6.13. The second-order valence-electron chi connectivity index (χ2n) is 6.36. The smallest absolute Gasteiger partial charge is 0.267 e. The van der Waals surface area contributed by atoms with Gasteiger partial charge in [0.2, 0.25) is 9.84 Å². The number of ether oxygens (including phenoxy) is 1. The van der Waals surface area contributed by atoms with Crippen LogP contribution in [0.1, 0.15) is 5.56 Å². The lowest BCUT2D eigenvalue weighted by Crippen LogP contribution is -2.42. The molecule has 0 unspecified atom stereocenters. The number of hydrogen-bond donors (Lipinski definition) is 1. The molecule has 0 spiro atoms. The van der Waals surface area contributed by atoms with Crippen molar-refractivity contribution in [2.75, 3.05) is 31.6 Å². The molecule has 0 atom stereocenters. The van der Waals surface area contributed by atoms with Gasteiger partial charge in [-0.25, -0.2) is 12.8 Å². The normalized spacial score (nSPS) is 15.4. The van der Waals surface area contributed by atoms with Crippen LogP contribution in [0.25, 0.3) is 0 Å². The number of sulfone groups is 1. The standard InChI is InChI=1S/C20H21FN2O4S/c1-15-6-8-16(9-7-15)22-14-19(20(24)23-10-12-27-13-11-23)28(25,26)18-5-3-2-4-17(18)21/h2-9,14,22H,10-13H2,1H3. The molecule has 1 saturated heterocycles. The molecule has 0 saturated carbocycles. The number of aryl methyl sites for hydroxylation is 1. The molecule has 1 aliphatic rings. The number of anilines is 1. The molecule has 1 N–H and O–H groups in total. The van der Waals surface area contributed by atoms with Gasteiger partial charge < -0.3 is 15.0 Å². The van der Waals surface area contributed by atoms with E-state index in [-0.39, 0.29) is 13.1 Å². The molecular formula is C20H21FN2O4S. The van der Waals surface area contributed by atoms with Crippen LogP contribution in [0, 0.1) is 12.7 Å². The number of hydrogen-bond acceptors (Lipinski definition) is 5. The molecule has 3 rings (SSSR count). The average Bonchev–Trinajstić information content (AvgIpc) is 2.70. The molecule has 1 fully saturated rings. The van der Waals surface area contributed by atoms with E-state index in [0.717, 1.165) is 23.9 Å². The summed E-state index contributed by atoms with van der Waals surface area (Å²) in [5, 5.41) is 2.84. The van der Waals surface area contributed by atoms with Gasteiger partial charge in [0.25, 0.3) is 5.91 Å². The second kappa shape index (κ2) is 8.53. The maximum atomic E-state index is 14.2. The summed E-state index contributed by atoms with van der Waals surface area (Å²) in [5.41, 5.74) is 1.65. The zero-order valence-electron chi connectivity index (χ0n) is 15.4. The Hall–Kier alpha value is -2.71. The Labute approximate surface area is 163 Å². The number of morpholine rings is 1. The summed E-state index contributed by atoms with van der Waals surface area (Å²) in [7, 11) is -4.37. The second-order valence-corrected chi connectivity index (χ2v) is 8.24. The highest BCUT2D eigenvalue weighted by molar-refractivity contribution is 7.96. The van der Waals surface area contributed by atoms with Crippen molar-refractivity contribution >= 4 is 21.4 Å². The van der Waals surface area contributed by atoms with Crippen molar-refractivity contribution in [3.63, 3.8) is 0 Å². The Kier molecular flexibility index (Phi) is 6.11. The van der Waals surface area contributed by atoms with E-state index in [1.165, 1.54) is 17.0 Å². The fraction of sp³-hybridized carbons (Fsp3) is 0.250. The summed E-state index contributed by atoms with van der Waals surface area (Å²) in [6.45, 7) is 3.12. The largest absolute Gasteiger partial charge is 0.378 e. The minimum atomic E-state index is -4.37. The highest BCUT2D eigenvalue weighted by Gasteiger charge is 2.33. The number of nitrogens with one attached hydrogen (secondary N) is 1. The van der Waals surface area contributed by atoms with Gasteiger partial charge in [0, 0.05) is 25.0 Å². The van der Waals surface area contributed by atoms with E-state index >= 15 is 0 Å². The monoisotopic (exact) mass is 404 g/mol. The Balaban J connectivity index is 2.00. The summed E-state index contributed by atoms with van der Waals surface area (Å²) >= 11 is 0. The summed E-state index contributed by atoms with van der Waals surface area (Å²) < 4.78 is 45.6. The summed E-state index contributed by atoms with van der Waals surface area (Å²) in [5.74, 6) is -1.59. The van der Waals surface area contributed by atoms with Gasteiger partial charge in [0.05, 0.1) is 13.2 Å². The SMILES string of the molecule is Cc1ccc(NC=C(C(=O)N2CCOCC2)S(=O)(=O)c2ccccc2F)cc1. The first kappa shape index (κ1) is 20.0. The molecule has 0 radical (unpaired) electrons. The van der Waals surface area contributed by atoms with Crippen LogP contribution in [0.3, 0.4) is 0 Å². The number of carbonyl (C=O) groups excluding carboxylic acids is 1. The minimum Gasteiger partial charge on any atom is -0.378 e. The van der Waals surface area contributed by atoms with Crippen LogP contribution in [0.2, 0.25) is 0 Å². The number of nitrogens with zero attached hydrogens (tertiary/aromatic N) is 1. The zero-order chi connectivity index (χ0) is 20.1. The molecule has 148 valence electrons. The van der Waals surface area contributed by atoms with Crippen LogP contribution < -0.4 is 5.32 Å². The lowest BCUT2D eigenvalue weighted by molar-refractivity contribution is -0.130. The molecular weight excluding hydrogens is 383 g/mol. The van der Waals surface area contributed by atoms with Crippen LogP contribution in [0.5, 0.6) is 0 Å². The Morgan fingerprint density at radius 1 is 1.11 bits per heavy atom. The fourth-order valence-corrected chi connectivity index (χ4v) is 4.15. The van der Waals surface area contributed by atoms with E-state index in [0.29, 0.717) is 18.9 Å². The summed E-state index contributed by atoms with van der Waals surface area (Å²) in [4.78, 5) is 13.3. The van der Waals surface area contributed by atoms with E-state index in [1.807, 2.05) is 19.1 Å². The fourth-order valence-electron chi connectivity index (χ4n) is 2.76. The first-order valence-electron chi connectivity index (χ1n) is 8.79. The maximum Gasteiger partial charge on any atom is 0.267 e. The maximum absolute atomic E-state index is 14.2. The van der Waals surface area contributed by atoms with E-state index in [1.54, 1.807) is 12.1 Å². The summed E-state index contributed by atoms with van der Waals surface area (Å²) in [6.07, 6.45) is 1.13. The molecule has 28 heavy (non-hydrogen) atoms. The summed E-state index contributed by atoms with van der Waals surface area (Å²) in [6, 6.07) is 12.2. The number of rotatable bonds is 5. The highest BCUT2D eigenvalue weighted by Crippen LogP contribution is 2.24. The molecule has 1 heterocycles. The third kappa shape index (κ3) is 4.40. The van der Waals surface area contributed by atoms with Gasteiger partial charge in [-0.2, -0.15) is 0 Å². The van der Waals surface area contributed by atoms with Crippen molar-refractivity contribution in [2.24, 2.45) is 0 Å². The van der Waals surface area contributed by atoms with Gasteiger partial charge in [0.15, 0.2) is 4.91 Å². The molecule has 2 aromatic rings. The first-order chi connectivity index (χ1) is 13.4. The van der Waals surface area contributed by atoms with Crippen molar-refractivity contribution in [1.82, 2.24) is 4.90 Å². The van der Waals surface area contributed by atoms with Gasteiger partial charge in [0.1, 0.15) is 10.7 Å². The molecule has 6 nitrogen and oxygen atoms in total. The quantitative estimate of drug-likeness (QED) is 0.776. The predicted molar refractivity (Wildman–Crippen MR) is 104 cm³/mol. The van der Waals surface area contributed by atoms with Gasteiger partial charge in [-0.1, -0.05) is 29.8 Å². The van der Waals surface area contributed by atoms with Crippen molar-refractivity contribution < 1.29 is 22.3 Å². The number of halogens is 1. The Morgan fingerprint density at radius 2 is 1.75 bits per heavy atom. The van der Waals surface area contributed by atoms with Crippen LogP contribution in [0.15, 0.2) is 64.5 Å². The van der Waals surface area contributed by atoms with Crippen molar-refractivity contribution in [3.05, 3.63) is 71.0 Å². The third-order valence-electron chi connectivity index (χ3n) is 4.35. The van der Waals surface area contributed by atoms with Gasteiger partial charge in [-0.3, -0.25) is 4.79 Å². The molecule has 2 aromatic carbocycles. The Bertz CT molecular complexity index is 982. The number of carbonyl (C=O) groups is 1. The van der Waals surface area contributed by atoms with E-state index in [2.05, 4.69) is 5.32 Å². The molecule has 1 amide bonds. The van der Waals surface area contributed by atoms with Gasteiger partial charge >= 0.3 is 0 Å². The molecule has 1 aliphatic heterocycles. The van der Waals surface area contributed by atoms with E-state index < -0.39 is 31.4 Å². The number of benzene rings is 2. The van der Waals surface area contributed by atoms with Crippen molar-refractivity contribution in [2.45, 2.75) is 11.8 Å². The Morgan fingerprint density at radius 3 is 2.39 bits per heavy atom. The van der Waals surface area contributed by atoms with Crippen LogP contribution in [0.4, 0.5) is 10.1 Å². The molecule has 0 aromatic heterocycles. The van der Waals surface area contributed by atoms with Crippen LogP contribution in [-0.2, 0) is 19.4 Å². The van der Waals surface area contributed by atoms with Crippen LogP contribution in [-0.4, -0.2) is 45.5 Å². The molecule has 8 heteroatoms. The highest BCUT2D eigenvalue weighted by atomic mass is 32.2. The lowest BCUT2D eigenvalue weighted by Gasteiger charge is -2.27. The minimum absolute atomic E-state index is 0.271. The van der Waals surface area contributed by atoms with Gasteiger partial charge in [-0.05, 0) is 31.2 Å². The average molecular weight is 404 g/mol. The first-order valence-corrected chi connectivity index (χ1v) is 10.3.